The summed E-state index contributed by atoms with van der Waals surface area (Å²) in [6, 6.07) is 18.5. The molecule has 1 aliphatic rings. The van der Waals surface area contributed by atoms with Crippen molar-refractivity contribution in [1.82, 2.24) is 10.6 Å². The molecule has 3 atom stereocenters. The monoisotopic (exact) mass is 478 g/mol. The molecule has 0 spiro atoms. The second kappa shape index (κ2) is 14.1. The first-order valence-electron chi connectivity index (χ1n) is 12.2. The number of amides is 2. The van der Waals surface area contributed by atoms with E-state index in [-0.39, 0.29) is 37.4 Å². The van der Waals surface area contributed by atoms with Crippen LogP contribution in [0.4, 0.5) is 0 Å². The molecule has 7 heteroatoms. The predicted molar refractivity (Wildman–Crippen MR) is 133 cm³/mol. The number of benzene rings is 2. The molecule has 0 aromatic heterocycles. The van der Waals surface area contributed by atoms with Crippen LogP contribution in [-0.4, -0.2) is 42.1 Å². The zero-order chi connectivity index (χ0) is 24.9. The SMILES string of the molecule is O=C(C[C@H]1CC=CCCCC(=O)O[C@@H](c2ccccc2)CNC1=O)N[C@H](CO)Cc1ccccc1. The van der Waals surface area contributed by atoms with Gasteiger partial charge >= 0.3 is 5.97 Å². The van der Waals surface area contributed by atoms with E-state index in [9.17, 15) is 19.5 Å². The first-order valence-corrected chi connectivity index (χ1v) is 12.2. The molecule has 0 aliphatic carbocycles. The van der Waals surface area contributed by atoms with Gasteiger partial charge in [-0.15, -0.1) is 0 Å². The number of rotatable bonds is 7. The van der Waals surface area contributed by atoms with Gasteiger partial charge in [0.15, 0.2) is 0 Å². The molecule has 186 valence electrons. The second-order valence-corrected chi connectivity index (χ2v) is 8.77. The van der Waals surface area contributed by atoms with Crippen LogP contribution in [0.2, 0.25) is 0 Å². The molecule has 0 saturated carbocycles. The van der Waals surface area contributed by atoms with Crippen molar-refractivity contribution in [2.75, 3.05) is 13.2 Å². The zero-order valence-corrected chi connectivity index (χ0v) is 19.9. The molecule has 0 bridgehead atoms. The lowest BCUT2D eigenvalue weighted by atomic mass is 9.98. The first kappa shape index (κ1) is 26.2. The fourth-order valence-electron chi connectivity index (χ4n) is 4.05. The van der Waals surface area contributed by atoms with Crippen molar-refractivity contribution < 1.29 is 24.2 Å². The van der Waals surface area contributed by atoms with Crippen molar-refractivity contribution >= 4 is 17.8 Å². The molecule has 0 fully saturated rings. The number of hydrogen-bond acceptors (Lipinski definition) is 5. The molecule has 3 rings (SSSR count). The molecular formula is C28H34N2O5. The molecule has 0 radical (unpaired) electrons. The van der Waals surface area contributed by atoms with Crippen LogP contribution in [0.1, 0.15) is 49.3 Å². The lowest BCUT2D eigenvalue weighted by Gasteiger charge is -2.22. The third-order valence-corrected chi connectivity index (χ3v) is 5.96. The Morgan fingerprint density at radius 1 is 1.06 bits per heavy atom. The Kier molecular flexibility index (Phi) is 10.5. The molecule has 2 amide bonds. The maximum atomic E-state index is 13.0. The largest absolute Gasteiger partial charge is 0.456 e. The Hall–Kier alpha value is -3.45. The summed E-state index contributed by atoms with van der Waals surface area (Å²) < 4.78 is 5.65. The second-order valence-electron chi connectivity index (χ2n) is 8.77. The van der Waals surface area contributed by atoms with E-state index in [1.807, 2.05) is 72.8 Å². The smallest absolute Gasteiger partial charge is 0.306 e. The topological polar surface area (TPSA) is 105 Å². The summed E-state index contributed by atoms with van der Waals surface area (Å²) in [4.78, 5) is 38.1. The van der Waals surface area contributed by atoms with E-state index in [2.05, 4.69) is 10.6 Å². The number of nitrogens with one attached hydrogen (secondary N) is 2. The molecule has 0 saturated heterocycles. The number of aliphatic hydroxyl groups is 1. The number of hydrogen-bond donors (Lipinski definition) is 3. The maximum Gasteiger partial charge on any atom is 0.306 e. The van der Waals surface area contributed by atoms with Crippen molar-refractivity contribution in [2.24, 2.45) is 5.92 Å². The molecule has 2 aromatic carbocycles. The van der Waals surface area contributed by atoms with Crippen LogP contribution < -0.4 is 10.6 Å². The summed E-state index contributed by atoms with van der Waals surface area (Å²) in [5, 5.41) is 15.5. The highest BCUT2D eigenvalue weighted by Gasteiger charge is 2.25. The van der Waals surface area contributed by atoms with E-state index < -0.39 is 18.1 Å². The quantitative estimate of drug-likeness (QED) is 0.419. The predicted octanol–water partition coefficient (Wildman–Crippen LogP) is 3.24. The van der Waals surface area contributed by atoms with E-state index in [0.717, 1.165) is 11.1 Å². The Morgan fingerprint density at radius 2 is 1.77 bits per heavy atom. The number of allylic oxidation sites excluding steroid dienone is 2. The van der Waals surface area contributed by atoms with Gasteiger partial charge in [-0.05, 0) is 36.8 Å². The van der Waals surface area contributed by atoms with Crippen molar-refractivity contribution in [1.29, 1.82) is 0 Å². The first-order chi connectivity index (χ1) is 17.0. The van der Waals surface area contributed by atoms with Crippen LogP contribution >= 0.6 is 0 Å². The van der Waals surface area contributed by atoms with Crippen LogP contribution in [0.3, 0.4) is 0 Å². The third-order valence-electron chi connectivity index (χ3n) is 5.96. The van der Waals surface area contributed by atoms with Gasteiger partial charge < -0.3 is 20.5 Å². The minimum atomic E-state index is -0.597. The van der Waals surface area contributed by atoms with Crippen molar-refractivity contribution in [3.63, 3.8) is 0 Å². The fourth-order valence-corrected chi connectivity index (χ4v) is 4.05. The molecule has 35 heavy (non-hydrogen) atoms. The molecular weight excluding hydrogens is 444 g/mol. The van der Waals surface area contributed by atoms with Gasteiger partial charge in [-0.2, -0.15) is 0 Å². The molecule has 1 heterocycles. The van der Waals surface area contributed by atoms with Gasteiger partial charge in [0, 0.05) is 12.8 Å². The minimum Gasteiger partial charge on any atom is -0.456 e. The number of ether oxygens (including phenoxy) is 1. The molecule has 3 N–H and O–H groups in total. The number of carbonyl (C=O) groups excluding carboxylic acids is 3. The van der Waals surface area contributed by atoms with E-state index in [1.165, 1.54) is 0 Å². The van der Waals surface area contributed by atoms with Gasteiger partial charge in [0.2, 0.25) is 11.8 Å². The van der Waals surface area contributed by atoms with Crippen LogP contribution in [0.15, 0.2) is 72.8 Å². The summed E-state index contributed by atoms with van der Waals surface area (Å²) >= 11 is 0. The van der Waals surface area contributed by atoms with Crippen molar-refractivity contribution in [2.45, 2.75) is 50.7 Å². The van der Waals surface area contributed by atoms with E-state index >= 15 is 0 Å². The molecule has 0 unspecified atom stereocenters. The molecule has 1 aliphatic heterocycles. The van der Waals surface area contributed by atoms with Gasteiger partial charge in [-0.1, -0.05) is 72.8 Å². The van der Waals surface area contributed by atoms with Crippen molar-refractivity contribution in [3.05, 3.63) is 83.9 Å². The highest BCUT2D eigenvalue weighted by atomic mass is 16.5. The maximum absolute atomic E-state index is 13.0. The number of esters is 1. The Morgan fingerprint density at radius 3 is 2.49 bits per heavy atom. The highest BCUT2D eigenvalue weighted by Crippen LogP contribution is 2.20. The van der Waals surface area contributed by atoms with Crippen molar-refractivity contribution in [3.8, 4) is 0 Å². The van der Waals surface area contributed by atoms with Crippen LogP contribution in [0.5, 0.6) is 0 Å². The summed E-state index contributed by atoms with van der Waals surface area (Å²) in [5.74, 6) is -1.44. The molecule has 7 nitrogen and oxygen atoms in total. The van der Waals surface area contributed by atoms with Gasteiger partial charge in [-0.25, -0.2) is 0 Å². The van der Waals surface area contributed by atoms with Crippen LogP contribution in [0.25, 0.3) is 0 Å². The average Bonchev–Trinajstić information content (AvgIpc) is 2.89. The van der Waals surface area contributed by atoms with Gasteiger partial charge in [-0.3, -0.25) is 14.4 Å². The third kappa shape index (κ3) is 9.02. The van der Waals surface area contributed by atoms with E-state index in [0.29, 0.717) is 32.1 Å². The highest BCUT2D eigenvalue weighted by molar-refractivity contribution is 5.86. The van der Waals surface area contributed by atoms with Gasteiger partial charge in [0.05, 0.1) is 25.1 Å². The standard InChI is InChI=1S/C28H34N2O5/c31-20-24(17-21-11-5-3-6-12-21)30-26(32)18-23-15-7-1-2-10-16-27(33)35-25(19-29-28(23)34)22-13-8-4-9-14-22/h1,3-9,11-14,23-25,31H,2,10,15-20H2,(H,29,34)(H,30,32)/t23-,24+,25-/m1/s1. The van der Waals surface area contributed by atoms with Crippen LogP contribution in [0, 0.1) is 5.92 Å². The molecule has 2 aromatic rings. The normalized spacial score (nSPS) is 20.4. The van der Waals surface area contributed by atoms with E-state index in [1.54, 1.807) is 0 Å². The lowest BCUT2D eigenvalue weighted by Crippen LogP contribution is -2.42. The average molecular weight is 479 g/mol. The van der Waals surface area contributed by atoms with E-state index in [4.69, 9.17) is 4.74 Å². The summed E-state index contributed by atoms with van der Waals surface area (Å²) in [6.45, 7) is -0.0643. The number of cyclic esters (lactones) is 1. The number of aliphatic hydroxyl groups excluding tert-OH is 1. The Balaban J connectivity index is 1.65. The minimum absolute atomic E-state index is 0.00272. The summed E-state index contributed by atoms with van der Waals surface area (Å²) in [6.07, 6.45) is 5.79. The lowest BCUT2D eigenvalue weighted by molar-refractivity contribution is -0.150. The van der Waals surface area contributed by atoms with Gasteiger partial charge in [0.25, 0.3) is 0 Å². The Labute approximate surface area is 206 Å². The zero-order valence-electron chi connectivity index (χ0n) is 19.9. The summed E-state index contributed by atoms with van der Waals surface area (Å²) in [5.41, 5.74) is 1.81. The number of carbonyl (C=O) groups is 3. The van der Waals surface area contributed by atoms with Gasteiger partial charge in [0.1, 0.15) is 6.10 Å². The van der Waals surface area contributed by atoms with Crippen LogP contribution in [-0.2, 0) is 25.5 Å². The summed E-state index contributed by atoms with van der Waals surface area (Å²) in [7, 11) is 0. The fraction of sp³-hybridized carbons (Fsp3) is 0.393. The Bertz CT molecular complexity index is 977.